The van der Waals surface area contributed by atoms with E-state index in [1.54, 1.807) is 19.3 Å². The first-order valence-corrected chi connectivity index (χ1v) is 10.0. The molecule has 10 heteroatoms. The van der Waals surface area contributed by atoms with Crippen molar-refractivity contribution in [1.82, 2.24) is 29.6 Å². The molecular weight excluding hydrogens is 382 g/mol. The van der Waals surface area contributed by atoms with Crippen LogP contribution in [0.25, 0.3) is 0 Å². The van der Waals surface area contributed by atoms with Gasteiger partial charge in [-0.25, -0.2) is 19.4 Å². The zero-order valence-electron chi connectivity index (χ0n) is 15.9. The first-order chi connectivity index (χ1) is 13.6. The molecule has 2 aromatic heterocycles. The van der Waals surface area contributed by atoms with E-state index in [1.165, 1.54) is 10.9 Å². The maximum Gasteiger partial charge on any atom is 0.367 e. The number of hydrogen-bond acceptors (Lipinski definition) is 8. The number of rotatable bonds is 4. The molecule has 28 heavy (non-hydrogen) atoms. The smallest absolute Gasteiger partial charge is 0.367 e. The van der Waals surface area contributed by atoms with Gasteiger partial charge in [0.2, 0.25) is 11.8 Å². The van der Waals surface area contributed by atoms with E-state index in [9.17, 15) is 4.79 Å². The van der Waals surface area contributed by atoms with Gasteiger partial charge in [-0.2, -0.15) is 10.1 Å². The molecule has 9 nitrogen and oxygen atoms in total. The minimum atomic E-state index is -0.396. The van der Waals surface area contributed by atoms with Gasteiger partial charge < -0.3 is 9.64 Å². The quantitative estimate of drug-likeness (QED) is 0.699. The maximum absolute atomic E-state index is 11.6. The average Bonchev–Trinajstić information content (AvgIpc) is 2.72. The van der Waals surface area contributed by atoms with Crippen LogP contribution in [-0.4, -0.2) is 68.0 Å². The van der Waals surface area contributed by atoms with Gasteiger partial charge in [-0.3, -0.25) is 4.90 Å². The van der Waals surface area contributed by atoms with Gasteiger partial charge in [0.25, 0.3) is 0 Å². The van der Waals surface area contributed by atoms with Gasteiger partial charge in [0.05, 0.1) is 0 Å². The van der Waals surface area contributed by atoms with Crippen molar-refractivity contribution in [1.29, 1.82) is 0 Å². The third kappa shape index (κ3) is 4.41. The lowest BCUT2D eigenvalue weighted by atomic mass is 9.91. The molecule has 2 aliphatic rings. The fraction of sp³-hybridized carbons (Fsp3) is 0.611. The second kappa shape index (κ2) is 8.40. The van der Waals surface area contributed by atoms with E-state index >= 15 is 0 Å². The highest BCUT2D eigenvalue weighted by Gasteiger charge is 2.29. The van der Waals surface area contributed by atoms with E-state index < -0.39 is 5.69 Å². The SMILES string of the molecule is Cn1ncc(O[C@H]2CC[C@H](N3CCN(c4nccc(Cl)n4)CC3)CC2)nc1=O. The van der Waals surface area contributed by atoms with Crippen molar-refractivity contribution in [2.75, 3.05) is 31.1 Å². The summed E-state index contributed by atoms with van der Waals surface area (Å²) in [5.41, 5.74) is -0.396. The van der Waals surface area contributed by atoms with Crippen molar-refractivity contribution in [3.8, 4) is 5.88 Å². The molecule has 1 aliphatic heterocycles. The summed E-state index contributed by atoms with van der Waals surface area (Å²) in [6.07, 6.45) is 7.38. The number of nitrogens with zero attached hydrogens (tertiary/aromatic N) is 7. The number of aryl methyl sites for hydroxylation is 1. The lowest BCUT2D eigenvalue weighted by molar-refractivity contribution is 0.0811. The number of halogens is 1. The molecule has 2 fully saturated rings. The fourth-order valence-electron chi connectivity index (χ4n) is 3.90. The van der Waals surface area contributed by atoms with Crippen molar-refractivity contribution in [3.05, 3.63) is 34.1 Å². The van der Waals surface area contributed by atoms with E-state index in [4.69, 9.17) is 16.3 Å². The van der Waals surface area contributed by atoms with Crippen LogP contribution >= 0.6 is 11.6 Å². The van der Waals surface area contributed by atoms with Crippen LogP contribution < -0.4 is 15.3 Å². The van der Waals surface area contributed by atoms with Gasteiger partial charge in [0.1, 0.15) is 17.5 Å². The summed E-state index contributed by atoms with van der Waals surface area (Å²) in [7, 11) is 1.57. The predicted molar refractivity (Wildman–Crippen MR) is 105 cm³/mol. The Morgan fingerprint density at radius 3 is 2.54 bits per heavy atom. The molecule has 0 aromatic carbocycles. The molecule has 1 saturated carbocycles. The molecule has 0 unspecified atom stereocenters. The minimum absolute atomic E-state index is 0.0961. The summed E-state index contributed by atoms with van der Waals surface area (Å²) in [5, 5.41) is 4.43. The standard InChI is InChI=1S/C18H24ClN7O2/c1-24-18(27)23-16(12-21-24)28-14-4-2-13(3-5-14)25-8-10-26(11-9-25)17-20-7-6-15(19)22-17/h6-7,12-14H,2-5,8-11H2,1H3/t13-,14-. The van der Waals surface area contributed by atoms with Crippen LogP contribution in [0, 0.1) is 0 Å². The van der Waals surface area contributed by atoms with Crippen molar-refractivity contribution < 1.29 is 4.74 Å². The van der Waals surface area contributed by atoms with E-state index in [2.05, 4.69) is 29.9 Å². The highest BCUT2D eigenvalue weighted by atomic mass is 35.5. The van der Waals surface area contributed by atoms with Crippen LogP contribution in [0.1, 0.15) is 25.7 Å². The number of hydrogen-bond donors (Lipinski definition) is 0. The zero-order valence-corrected chi connectivity index (χ0v) is 16.6. The number of ether oxygens (including phenoxy) is 1. The molecule has 2 aromatic rings. The third-order valence-corrected chi connectivity index (χ3v) is 5.69. The van der Waals surface area contributed by atoms with E-state index in [0.29, 0.717) is 23.0 Å². The second-order valence-corrected chi connectivity index (χ2v) is 7.64. The maximum atomic E-state index is 11.6. The predicted octanol–water partition coefficient (Wildman–Crippen LogP) is 1.13. The summed E-state index contributed by atoms with van der Waals surface area (Å²) in [6.45, 7) is 3.79. The number of anilines is 1. The van der Waals surface area contributed by atoms with Crippen molar-refractivity contribution in [2.45, 2.75) is 37.8 Å². The van der Waals surface area contributed by atoms with Gasteiger partial charge in [0.15, 0.2) is 0 Å². The minimum Gasteiger partial charge on any atom is -0.473 e. The molecule has 0 atom stereocenters. The monoisotopic (exact) mass is 405 g/mol. The average molecular weight is 406 g/mol. The molecule has 0 spiro atoms. The molecule has 4 rings (SSSR count). The Kier molecular flexibility index (Phi) is 5.72. The van der Waals surface area contributed by atoms with Gasteiger partial charge in [-0.05, 0) is 31.7 Å². The Morgan fingerprint density at radius 2 is 1.86 bits per heavy atom. The summed E-state index contributed by atoms with van der Waals surface area (Å²) in [5.74, 6) is 1.03. The first kappa shape index (κ1) is 19.1. The molecule has 1 aliphatic carbocycles. The highest BCUT2D eigenvalue weighted by molar-refractivity contribution is 6.29. The van der Waals surface area contributed by atoms with Crippen LogP contribution in [0.3, 0.4) is 0 Å². The Labute approximate surface area is 168 Å². The fourth-order valence-corrected chi connectivity index (χ4v) is 4.04. The summed E-state index contributed by atoms with van der Waals surface area (Å²) < 4.78 is 7.06. The Morgan fingerprint density at radius 1 is 1.11 bits per heavy atom. The number of aromatic nitrogens is 5. The Balaban J connectivity index is 1.25. The van der Waals surface area contributed by atoms with E-state index in [1.807, 2.05) is 0 Å². The van der Waals surface area contributed by atoms with Gasteiger partial charge >= 0.3 is 5.69 Å². The van der Waals surface area contributed by atoms with Gasteiger partial charge in [-0.1, -0.05) is 11.6 Å². The largest absolute Gasteiger partial charge is 0.473 e. The Hall–Kier alpha value is -2.26. The molecule has 0 N–H and O–H groups in total. The molecule has 150 valence electrons. The molecule has 0 amide bonds. The van der Waals surface area contributed by atoms with E-state index in [0.717, 1.165) is 51.9 Å². The lowest BCUT2D eigenvalue weighted by Crippen LogP contribution is -2.52. The second-order valence-electron chi connectivity index (χ2n) is 7.25. The van der Waals surface area contributed by atoms with Crippen molar-refractivity contribution in [3.63, 3.8) is 0 Å². The van der Waals surface area contributed by atoms with Crippen LogP contribution in [0.2, 0.25) is 5.15 Å². The molecule has 3 heterocycles. The third-order valence-electron chi connectivity index (χ3n) is 5.48. The van der Waals surface area contributed by atoms with Crippen molar-refractivity contribution in [2.24, 2.45) is 7.05 Å². The van der Waals surface area contributed by atoms with E-state index in [-0.39, 0.29) is 6.10 Å². The number of piperazine rings is 1. The van der Waals surface area contributed by atoms with Crippen molar-refractivity contribution >= 4 is 17.5 Å². The zero-order chi connectivity index (χ0) is 19.5. The molecular formula is C18H24ClN7O2. The van der Waals surface area contributed by atoms with Crippen LogP contribution in [0.5, 0.6) is 5.88 Å². The first-order valence-electron chi connectivity index (χ1n) is 9.63. The Bertz CT molecular complexity index is 861. The van der Waals surface area contributed by atoms with Crippen LogP contribution in [-0.2, 0) is 7.05 Å². The lowest BCUT2D eigenvalue weighted by Gasteiger charge is -2.41. The molecule has 0 bridgehead atoms. The summed E-state index contributed by atoms with van der Waals surface area (Å²) >= 11 is 5.98. The van der Waals surface area contributed by atoms with Crippen LogP contribution in [0.15, 0.2) is 23.3 Å². The van der Waals surface area contributed by atoms with Gasteiger partial charge in [0, 0.05) is 45.5 Å². The topological polar surface area (TPSA) is 89.3 Å². The normalized spacial score (nSPS) is 23.6. The molecule has 0 radical (unpaired) electrons. The molecule has 1 saturated heterocycles. The highest BCUT2D eigenvalue weighted by Crippen LogP contribution is 2.27. The summed E-state index contributed by atoms with van der Waals surface area (Å²) in [4.78, 5) is 28.8. The summed E-state index contributed by atoms with van der Waals surface area (Å²) in [6, 6.07) is 2.26. The van der Waals surface area contributed by atoms with Gasteiger partial charge in [-0.15, -0.1) is 0 Å². The van der Waals surface area contributed by atoms with Crippen LogP contribution in [0.4, 0.5) is 5.95 Å².